The lowest BCUT2D eigenvalue weighted by molar-refractivity contribution is 0.0938. The molecule has 0 aliphatic heterocycles. The average molecular weight is 533 g/mol. The van der Waals surface area contributed by atoms with Gasteiger partial charge in [0.25, 0.3) is 11.5 Å². The van der Waals surface area contributed by atoms with Gasteiger partial charge in [0.2, 0.25) is 0 Å². The van der Waals surface area contributed by atoms with E-state index in [1.54, 1.807) is 34.5 Å². The highest BCUT2D eigenvalue weighted by Crippen LogP contribution is 2.27. The first-order valence-electron chi connectivity index (χ1n) is 13.9. The van der Waals surface area contributed by atoms with E-state index in [1.165, 1.54) is 32.1 Å². The number of nitrogens with one attached hydrogen (secondary N) is 1. The zero-order chi connectivity index (χ0) is 27.6. The molecule has 1 saturated carbocycles. The summed E-state index contributed by atoms with van der Waals surface area (Å²) in [7, 11) is 0. The molecule has 0 spiro atoms. The van der Waals surface area contributed by atoms with Crippen molar-refractivity contribution in [1.29, 1.82) is 0 Å². The van der Waals surface area contributed by atoms with Crippen molar-refractivity contribution in [2.45, 2.75) is 52.0 Å². The molecule has 3 aromatic heterocycles. The summed E-state index contributed by atoms with van der Waals surface area (Å²) in [5.74, 6) is 0.671. The van der Waals surface area contributed by atoms with Crippen LogP contribution in [0, 0.1) is 12.8 Å². The SMILES string of the molecule is Cc1nn2cccnc2c1C(=O)N[C@H](C)c1nc2cccc(/C=C/C3CCCCC3)c2c(=O)n1-c1ccccc1. The van der Waals surface area contributed by atoms with Crippen molar-refractivity contribution in [2.75, 3.05) is 0 Å². The Morgan fingerprint density at radius 2 is 1.85 bits per heavy atom. The zero-order valence-corrected chi connectivity index (χ0v) is 22.7. The van der Waals surface area contributed by atoms with Crippen molar-refractivity contribution in [3.05, 3.63) is 106 Å². The van der Waals surface area contributed by atoms with E-state index in [-0.39, 0.29) is 11.5 Å². The zero-order valence-electron chi connectivity index (χ0n) is 22.7. The minimum atomic E-state index is -0.579. The van der Waals surface area contributed by atoms with Gasteiger partial charge in [0.1, 0.15) is 11.4 Å². The van der Waals surface area contributed by atoms with Crippen LogP contribution >= 0.6 is 0 Å². The van der Waals surface area contributed by atoms with Crippen LogP contribution in [0.15, 0.2) is 77.9 Å². The van der Waals surface area contributed by atoms with E-state index in [0.717, 1.165) is 5.56 Å². The number of hydrogen-bond acceptors (Lipinski definition) is 5. The summed E-state index contributed by atoms with van der Waals surface area (Å²) in [6.45, 7) is 3.62. The maximum Gasteiger partial charge on any atom is 0.266 e. The van der Waals surface area contributed by atoms with Crippen molar-refractivity contribution < 1.29 is 4.79 Å². The maximum atomic E-state index is 14.2. The monoisotopic (exact) mass is 532 g/mol. The Morgan fingerprint density at radius 3 is 2.65 bits per heavy atom. The van der Waals surface area contributed by atoms with Gasteiger partial charge in [0.05, 0.1) is 28.3 Å². The number of para-hydroxylation sites is 1. The molecule has 1 aliphatic rings. The Kier molecular flexibility index (Phi) is 6.99. The second kappa shape index (κ2) is 10.9. The van der Waals surface area contributed by atoms with Crippen molar-refractivity contribution in [3.63, 3.8) is 0 Å². The number of fused-ring (bicyclic) bond motifs is 2. The number of aromatic nitrogens is 5. The highest BCUT2D eigenvalue weighted by atomic mass is 16.2. The number of rotatable bonds is 6. The Bertz CT molecular complexity index is 1780. The Hall–Kier alpha value is -4.59. The summed E-state index contributed by atoms with van der Waals surface area (Å²) in [5.41, 5.74) is 3.45. The molecule has 1 aliphatic carbocycles. The van der Waals surface area contributed by atoms with E-state index in [2.05, 4.69) is 27.6 Å². The molecule has 1 atom stereocenters. The molecule has 2 aromatic carbocycles. The smallest absolute Gasteiger partial charge is 0.266 e. The van der Waals surface area contributed by atoms with Crippen LogP contribution in [0.1, 0.15) is 72.5 Å². The van der Waals surface area contributed by atoms with Crippen LogP contribution in [0.5, 0.6) is 0 Å². The molecule has 40 heavy (non-hydrogen) atoms. The molecule has 0 radical (unpaired) electrons. The van der Waals surface area contributed by atoms with Gasteiger partial charge in [-0.25, -0.2) is 14.5 Å². The van der Waals surface area contributed by atoms with Gasteiger partial charge in [-0.15, -0.1) is 0 Å². The number of hydrogen-bond donors (Lipinski definition) is 1. The predicted octanol–water partition coefficient (Wildman–Crippen LogP) is 5.82. The van der Waals surface area contributed by atoms with E-state index in [1.807, 2.05) is 55.5 Å². The van der Waals surface area contributed by atoms with Gasteiger partial charge in [-0.05, 0) is 62.4 Å². The van der Waals surface area contributed by atoms with Crippen LogP contribution < -0.4 is 10.9 Å². The normalized spacial score (nSPS) is 15.2. The topological polar surface area (TPSA) is 94.2 Å². The van der Waals surface area contributed by atoms with Crippen molar-refractivity contribution in [1.82, 2.24) is 29.5 Å². The Labute approximate surface area is 232 Å². The highest BCUT2D eigenvalue weighted by Gasteiger charge is 2.24. The molecule has 6 rings (SSSR count). The van der Waals surface area contributed by atoms with Gasteiger partial charge in [0, 0.05) is 12.4 Å². The fourth-order valence-electron chi connectivity index (χ4n) is 5.69. The largest absolute Gasteiger partial charge is 0.342 e. The summed E-state index contributed by atoms with van der Waals surface area (Å²) in [4.78, 5) is 37.0. The van der Waals surface area contributed by atoms with Gasteiger partial charge in [-0.2, -0.15) is 5.10 Å². The third-order valence-electron chi connectivity index (χ3n) is 7.70. The summed E-state index contributed by atoms with van der Waals surface area (Å²) >= 11 is 0. The van der Waals surface area contributed by atoms with Crippen molar-refractivity contribution in [3.8, 4) is 5.69 Å². The van der Waals surface area contributed by atoms with Crippen LogP contribution in [0.2, 0.25) is 0 Å². The van der Waals surface area contributed by atoms with Crippen molar-refractivity contribution in [2.24, 2.45) is 5.92 Å². The minimum absolute atomic E-state index is 0.162. The fraction of sp³-hybridized carbons (Fsp3) is 0.281. The van der Waals surface area contributed by atoms with Gasteiger partial charge in [0.15, 0.2) is 5.65 Å². The number of benzene rings is 2. The van der Waals surface area contributed by atoms with Gasteiger partial charge >= 0.3 is 0 Å². The summed E-state index contributed by atoms with van der Waals surface area (Å²) in [6.07, 6.45) is 13.9. The summed E-state index contributed by atoms with van der Waals surface area (Å²) in [5, 5.41) is 8.03. The Balaban J connectivity index is 1.44. The first-order chi connectivity index (χ1) is 19.5. The van der Waals surface area contributed by atoms with Gasteiger partial charge in [-0.1, -0.05) is 61.7 Å². The fourth-order valence-corrected chi connectivity index (χ4v) is 5.69. The van der Waals surface area contributed by atoms with E-state index < -0.39 is 6.04 Å². The second-order valence-electron chi connectivity index (χ2n) is 10.5. The van der Waals surface area contributed by atoms with E-state index in [4.69, 9.17) is 4.98 Å². The molecule has 0 saturated heterocycles. The average Bonchev–Trinajstić information content (AvgIpc) is 3.32. The molecular weight excluding hydrogens is 500 g/mol. The van der Waals surface area contributed by atoms with E-state index in [0.29, 0.717) is 45.2 Å². The second-order valence-corrected chi connectivity index (χ2v) is 10.5. The Morgan fingerprint density at radius 1 is 1.05 bits per heavy atom. The van der Waals surface area contributed by atoms with Crippen LogP contribution in [0.25, 0.3) is 28.3 Å². The van der Waals surface area contributed by atoms with E-state index >= 15 is 0 Å². The number of carbonyl (C=O) groups excluding carboxylic acids is 1. The molecule has 1 amide bonds. The third kappa shape index (κ3) is 4.81. The molecule has 202 valence electrons. The standard InChI is InChI=1S/C32H32N6O2/c1-21-27(30-33-19-10-20-37(30)36-21)31(39)34-22(2)29-35-26-16-9-13-24(18-17-23-11-5-3-6-12-23)28(26)32(40)38(29)25-14-7-4-8-15-25/h4,7-10,13-20,22-23H,3,5-6,11-12H2,1-2H3,(H,34,39)/b18-17+/t22-/m1/s1. The lowest BCUT2D eigenvalue weighted by Gasteiger charge is -2.20. The summed E-state index contributed by atoms with van der Waals surface area (Å²) < 4.78 is 3.21. The predicted molar refractivity (Wildman–Crippen MR) is 157 cm³/mol. The van der Waals surface area contributed by atoms with E-state index in [9.17, 15) is 9.59 Å². The number of aryl methyl sites for hydroxylation is 1. The van der Waals surface area contributed by atoms with Crippen LogP contribution in [0.3, 0.4) is 0 Å². The van der Waals surface area contributed by atoms with Gasteiger partial charge in [-0.3, -0.25) is 14.2 Å². The number of amides is 1. The molecule has 3 heterocycles. The maximum absolute atomic E-state index is 14.2. The molecule has 0 unspecified atom stereocenters. The molecule has 5 aromatic rings. The van der Waals surface area contributed by atoms with Crippen LogP contribution in [-0.2, 0) is 0 Å². The molecule has 8 heteroatoms. The molecule has 0 bridgehead atoms. The van der Waals surface area contributed by atoms with Crippen LogP contribution in [-0.4, -0.2) is 30.1 Å². The first kappa shape index (κ1) is 25.7. The minimum Gasteiger partial charge on any atom is -0.342 e. The summed E-state index contributed by atoms with van der Waals surface area (Å²) in [6, 6.07) is 16.4. The number of nitrogens with zero attached hydrogens (tertiary/aromatic N) is 5. The first-order valence-corrected chi connectivity index (χ1v) is 13.9. The lowest BCUT2D eigenvalue weighted by atomic mass is 9.88. The molecule has 8 nitrogen and oxygen atoms in total. The van der Waals surface area contributed by atoms with Crippen LogP contribution in [0.4, 0.5) is 0 Å². The number of carbonyl (C=O) groups is 1. The molecule has 1 fully saturated rings. The lowest BCUT2D eigenvalue weighted by Crippen LogP contribution is -2.33. The quantitative estimate of drug-likeness (QED) is 0.297. The highest BCUT2D eigenvalue weighted by molar-refractivity contribution is 6.01. The third-order valence-corrected chi connectivity index (χ3v) is 7.70. The molecule has 1 N–H and O–H groups in total. The number of allylic oxidation sites excluding steroid dienone is 1. The van der Waals surface area contributed by atoms with Gasteiger partial charge < -0.3 is 5.32 Å². The van der Waals surface area contributed by atoms with Crippen molar-refractivity contribution >= 4 is 28.5 Å². The molecular formula is C32H32N6O2.